The maximum atomic E-state index is 13.5. The fraction of sp³-hybridized carbons (Fsp3) is 0.235. The van der Waals surface area contributed by atoms with E-state index in [1.54, 1.807) is 24.3 Å². The van der Waals surface area contributed by atoms with E-state index in [4.69, 9.17) is 0 Å². The van der Waals surface area contributed by atoms with Gasteiger partial charge >= 0.3 is 0 Å². The van der Waals surface area contributed by atoms with Gasteiger partial charge in [0.1, 0.15) is 5.82 Å². The van der Waals surface area contributed by atoms with Crippen molar-refractivity contribution in [2.45, 2.75) is 26.2 Å². The predicted molar refractivity (Wildman–Crippen MR) is 79.5 cm³/mol. The summed E-state index contributed by atoms with van der Waals surface area (Å²) in [5, 5.41) is 2.57. The minimum absolute atomic E-state index is 0.0422. The van der Waals surface area contributed by atoms with E-state index in [0.29, 0.717) is 5.56 Å². The highest BCUT2D eigenvalue weighted by atomic mass is 19.1. The van der Waals surface area contributed by atoms with Crippen LogP contribution in [0.3, 0.4) is 0 Å². The quantitative estimate of drug-likeness (QED) is 0.863. The van der Waals surface area contributed by atoms with Crippen molar-refractivity contribution in [3.05, 3.63) is 65.5 Å². The van der Waals surface area contributed by atoms with E-state index in [1.165, 1.54) is 12.1 Å². The van der Waals surface area contributed by atoms with E-state index >= 15 is 0 Å². The van der Waals surface area contributed by atoms with Crippen LogP contribution in [0.25, 0.3) is 0 Å². The Morgan fingerprint density at radius 3 is 2.15 bits per heavy atom. The third-order valence-electron chi connectivity index (χ3n) is 3.14. The van der Waals surface area contributed by atoms with Crippen LogP contribution >= 0.6 is 0 Å². The van der Waals surface area contributed by atoms with Gasteiger partial charge in [0.15, 0.2) is 0 Å². The molecule has 0 aliphatic carbocycles. The number of anilines is 1. The van der Waals surface area contributed by atoms with E-state index < -0.39 is 5.82 Å². The van der Waals surface area contributed by atoms with Gasteiger partial charge in [-0.3, -0.25) is 4.79 Å². The van der Waals surface area contributed by atoms with Gasteiger partial charge in [0.25, 0.3) is 5.91 Å². The molecule has 0 heterocycles. The van der Waals surface area contributed by atoms with Gasteiger partial charge < -0.3 is 5.32 Å². The number of nitrogens with one attached hydrogen (secondary N) is 1. The molecule has 0 unspecified atom stereocenters. The van der Waals surface area contributed by atoms with Crippen molar-refractivity contribution in [2.75, 3.05) is 5.32 Å². The number of benzene rings is 2. The normalized spacial score (nSPS) is 11.2. The maximum absolute atomic E-state index is 13.5. The van der Waals surface area contributed by atoms with Crippen LogP contribution in [-0.4, -0.2) is 5.91 Å². The standard InChI is InChI=1S/C17H18FNO/c1-17(2,3)13-10-8-12(9-11-13)16(20)19-15-7-5-4-6-14(15)18/h4-11H,1-3H3,(H,19,20). The first-order valence-electron chi connectivity index (χ1n) is 6.54. The van der Waals surface area contributed by atoms with Gasteiger partial charge in [-0.1, -0.05) is 45.0 Å². The van der Waals surface area contributed by atoms with Crippen molar-refractivity contribution in [2.24, 2.45) is 0 Å². The van der Waals surface area contributed by atoms with E-state index in [2.05, 4.69) is 26.1 Å². The summed E-state index contributed by atoms with van der Waals surface area (Å²) in [5.74, 6) is -0.747. The van der Waals surface area contributed by atoms with Gasteiger partial charge in [-0.15, -0.1) is 0 Å². The van der Waals surface area contributed by atoms with Crippen LogP contribution < -0.4 is 5.32 Å². The first kappa shape index (κ1) is 14.3. The molecule has 2 aromatic carbocycles. The SMILES string of the molecule is CC(C)(C)c1ccc(C(=O)Nc2ccccc2F)cc1. The molecule has 2 rings (SSSR count). The Balaban J connectivity index is 2.16. The Morgan fingerprint density at radius 2 is 1.60 bits per heavy atom. The van der Waals surface area contributed by atoms with Gasteiger partial charge in [0, 0.05) is 5.56 Å². The minimum atomic E-state index is -0.438. The summed E-state index contributed by atoms with van der Waals surface area (Å²) in [6.07, 6.45) is 0. The Hall–Kier alpha value is -2.16. The first-order valence-corrected chi connectivity index (χ1v) is 6.54. The Labute approximate surface area is 118 Å². The molecule has 0 saturated heterocycles. The van der Waals surface area contributed by atoms with Gasteiger partial charge in [-0.05, 0) is 35.2 Å². The summed E-state index contributed by atoms with van der Waals surface area (Å²) in [6.45, 7) is 6.34. The van der Waals surface area contributed by atoms with Crippen molar-refractivity contribution in [1.82, 2.24) is 0 Å². The van der Waals surface area contributed by atoms with Gasteiger partial charge in [0.05, 0.1) is 5.69 Å². The Bertz CT molecular complexity index is 612. The molecule has 1 N–H and O–H groups in total. The van der Waals surface area contributed by atoms with Gasteiger partial charge in [-0.25, -0.2) is 4.39 Å². The van der Waals surface area contributed by atoms with Gasteiger partial charge in [0.2, 0.25) is 0 Å². The summed E-state index contributed by atoms with van der Waals surface area (Å²) < 4.78 is 13.5. The number of para-hydroxylation sites is 1. The highest BCUT2D eigenvalue weighted by Crippen LogP contribution is 2.22. The summed E-state index contributed by atoms with van der Waals surface area (Å²) in [4.78, 5) is 12.0. The van der Waals surface area contributed by atoms with E-state index in [1.807, 2.05) is 12.1 Å². The first-order chi connectivity index (χ1) is 9.38. The second kappa shape index (κ2) is 5.45. The average molecular weight is 271 g/mol. The fourth-order valence-corrected chi connectivity index (χ4v) is 1.88. The molecule has 0 aliphatic rings. The predicted octanol–water partition coefficient (Wildman–Crippen LogP) is 4.38. The number of carbonyl (C=O) groups excluding carboxylic acids is 1. The van der Waals surface area contributed by atoms with Crippen LogP contribution in [0.15, 0.2) is 48.5 Å². The number of halogens is 1. The van der Waals surface area contributed by atoms with E-state index in [-0.39, 0.29) is 17.0 Å². The van der Waals surface area contributed by atoms with Gasteiger partial charge in [-0.2, -0.15) is 0 Å². The topological polar surface area (TPSA) is 29.1 Å². The molecule has 104 valence electrons. The lowest BCUT2D eigenvalue weighted by atomic mass is 9.87. The molecule has 2 aromatic rings. The molecule has 0 aliphatic heterocycles. The molecule has 0 saturated carbocycles. The monoisotopic (exact) mass is 271 g/mol. The molecule has 1 amide bonds. The summed E-state index contributed by atoms with van der Waals surface area (Å²) >= 11 is 0. The average Bonchev–Trinajstić information content (AvgIpc) is 2.40. The van der Waals surface area contributed by atoms with Crippen molar-refractivity contribution in [3.63, 3.8) is 0 Å². The number of carbonyl (C=O) groups is 1. The largest absolute Gasteiger partial charge is 0.319 e. The Morgan fingerprint density at radius 1 is 1.00 bits per heavy atom. The molecule has 3 heteroatoms. The third-order valence-corrected chi connectivity index (χ3v) is 3.14. The Kier molecular flexibility index (Phi) is 3.89. The van der Waals surface area contributed by atoms with Crippen molar-refractivity contribution < 1.29 is 9.18 Å². The fourth-order valence-electron chi connectivity index (χ4n) is 1.88. The molecule has 0 radical (unpaired) electrons. The third kappa shape index (κ3) is 3.23. The highest BCUT2D eigenvalue weighted by Gasteiger charge is 2.14. The van der Waals surface area contributed by atoms with E-state index in [9.17, 15) is 9.18 Å². The van der Waals surface area contributed by atoms with E-state index in [0.717, 1.165) is 5.56 Å². The second-order valence-corrected chi connectivity index (χ2v) is 5.76. The van der Waals surface area contributed by atoms with Crippen molar-refractivity contribution in [3.8, 4) is 0 Å². The van der Waals surface area contributed by atoms with Crippen LogP contribution in [0.1, 0.15) is 36.7 Å². The maximum Gasteiger partial charge on any atom is 0.255 e. The molecule has 2 nitrogen and oxygen atoms in total. The van der Waals surface area contributed by atoms with Crippen molar-refractivity contribution in [1.29, 1.82) is 0 Å². The number of hydrogen-bond donors (Lipinski definition) is 1. The van der Waals surface area contributed by atoms with Crippen LogP contribution in [0.2, 0.25) is 0 Å². The minimum Gasteiger partial charge on any atom is -0.319 e. The second-order valence-electron chi connectivity index (χ2n) is 5.76. The van der Waals surface area contributed by atoms with Crippen LogP contribution in [0.4, 0.5) is 10.1 Å². The molecule has 20 heavy (non-hydrogen) atoms. The lowest BCUT2D eigenvalue weighted by Gasteiger charge is -2.19. The van der Waals surface area contributed by atoms with Crippen LogP contribution in [0.5, 0.6) is 0 Å². The smallest absolute Gasteiger partial charge is 0.255 e. The molecular formula is C17H18FNO. The molecule has 0 fully saturated rings. The van der Waals surface area contributed by atoms with Crippen molar-refractivity contribution >= 4 is 11.6 Å². The summed E-state index contributed by atoms with van der Waals surface area (Å²) in [7, 11) is 0. The molecular weight excluding hydrogens is 253 g/mol. The van der Waals surface area contributed by atoms with Crippen LogP contribution in [0, 0.1) is 5.82 Å². The summed E-state index contributed by atoms with van der Waals surface area (Å²) in [6, 6.07) is 13.5. The van der Waals surface area contributed by atoms with Crippen LogP contribution in [-0.2, 0) is 5.41 Å². The molecule has 0 atom stereocenters. The molecule has 0 aromatic heterocycles. The number of amides is 1. The lowest BCUT2D eigenvalue weighted by molar-refractivity contribution is 0.102. The number of hydrogen-bond acceptors (Lipinski definition) is 1. The zero-order valence-corrected chi connectivity index (χ0v) is 11.9. The zero-order valence-electron chi connectivity index (χ0n) is 11.9. The number of rotatable bonds is 2. The molecule has 0 spiro atoms. The lowest BCUT2D eigenvalue weighted by Crippen LogP contribution is -2.14. The highest BCUT2D eigenvalue weighted by molar-refractivity contribution is 6.04. The zero-order chi connectivity index (χ0) is 14.8. The molecule has 0 bridgehead atoms. The summed E-state index contributed by atoms with van der Waals surface area (Å²) in [5.41, 5.74) is 1.90.